The highest BCUT2D eigenvalue weighted by molar-refractivity contribution is 6.31. The molecule has 1 atom stereocenters. The molecule has 1 unspecified atom stereocenters. The monoisotopic (exact) mass is 557 g/mol. The second-order valence-corrected chi connectivity index (χ2v) is 10.9. The lowest BCUT2D eigenvalue weighted by Gasteiger charge is -2.26. The number of hydrogen-bond donors (Lipinski definition) is 1. The fraction of sp³-hybridized carbons (Fsp3) is 0.258. The molecule has 6 rings (SSSR count). The number of carbonyl (C=O) groups is 2. The van der Waals surface area contributed by atoms with Gasteiger partial charge in [0.1, 0.15) is 17.5 Å². The van der Waals surface area contributed by atoms with Crippen LogP contribution in [-0.4, -0.2) is 32.9 Å². The van der Waals surface area contributed by atoms with Gasteiger partial charge in [0, 0.05) is 61.7 Å². The standard InChI is InChI=1S/C31H29ClFN5O2/c1-19(29-25(32)4-3-5-26(29)33)21-8-6-20(7-9-21)16-37-17-23-11-10-22(14-24(23)18-37)30-34-15-28(36(30)2)38-13-12-27(39)35-31(38)40/h3-11,14-15,19H,12-13,16-18H2,1-2H3,(H,35,39,40). The lowest BCUT2D eigenvalue weighted by atomic mass is 9.92. The van der Waals surface area contributed by atoms with Crippen LogP contribution < -0.4 is 10.2 Å². The number of benzene rings is 3. The van der Waals surface area contributed by atoms with Crippen LogP contribution in [-0.2, 0) is 31.5 Å². The van der Waals surface area contributed by atoms with Crippen molar-refractivity contribution in [1.82, 2.24) is 19.8 Å². The molecule has 0 radical (unpaired) electrons. The SMILES string of the molecule is CC(c1ccc(CN2Cc3ccc(-c4ncc(N5CCC(=O)NC5=O)n4C)cc3C2)cc1)c1c(F)cccc1Cl. The Balaban J connectivity index is 1.14. The molecule has 2 aliphatic rings. The Morgan fingerprint density at radius 2 is 1.82 bits per heavy atom. The number of imidazole rings is 1. The predicted octanol–water partition coefficient (Wildman–Crippen LogP) is 5.99. The van der Waals surface area contributed by atoms with Gasteiger partial charge in [-0.1, -0.05) is 61.0 Å². The number of urea groups is 1. The molecule has 4 aromatic rings. The summed E-state index contributed by atoms with van der Waals surface area (Å²) in [6.45, 7) is 4.78. The van der Waals surface area contributed by atoms with Gasteiger partial charge in [-0.3, -0.25) is 19.9 Å². The molecule has 7 nitrogen and oxygen atoms in total. The van der Waals surface area contributed by atoms with Gasteiger partial charge in [-0.05, 0) is 40.5 Å². The molecule has 3 aromatic carbocycles. The minimum atomic E-state index is -0.422. The number of imide groups is 1. The summed E-state index contributed by atoms with van der Waals surface area (Å²) in [5.41, 5.74) is 6.25. The van der Waals surface area contributed by atoms with Crippen molar-refractivity contribution in [3.63, 3.8) is 0 Å². The van der Waals surface area contributed by atoms with E-state index in [0.29, 0.717) is 22.9 Å². The van der Waals surface area contributed by atoms with Gasteiger partial charge in [0.25, 0.3) is 0 Å². The normalized spacial score (nSPS) is 16.2. The van der Waals surface area contributed by atoms with E-state index >= 15 is 0 Å². The maximum Gasteiger partial charge on any atom is 0.329 e. The van der Waals surface area contributed by atoms with Crippen LogP contribution >= 0.6 is 11.6 Å². The first-order valence-corrected chi connectivity index (χ1v) is 13.7. The summed E-state index contributed by atoms with van der Waals surface area (Å²) in [5, 5.41) is 2.81. The molecule has 1 N–H and O–H groups in total. The first kappa shape index (κ1) is 26.2. The molecular formula is C31H29ClFN5O2. The molecule has 0 bridgehead atoms. The van der Waals surface area contributed by atoms with E-state index < -0.39 is 6.03 Å². The summed E-state index contributed by atoms with van der Waals surface area (Å²) in [6.07, 6.45) is 1.94. The zero-order valence-corrected chi connectivity index (χ0v) is 23.1. The topological polar surface area (TPSA) is 70.5 Å². The third-order valence-electron chi connectivity index (χ3n) is 7.87. The number of rotatable bonds is 6. The van der Waals surface area contributed by atoms with E-state index in [1.165, 1.54) is 22.8 Å². The quantitative estimate of drug-likeness (QED) is 0.316. The Labute approximate surface area is 237 Å². The van der Waals surface area contributed by atoms with Gasteiger partial charge in [-0.15, -0.1) is 0 Å². The maximum absolute atomic E-state index is 14.4. The molecule has 204 valence electrons. The highest BCUT2D eigenvalue weighted by atomic mass is 35.5. The van der Waals surface area contributed by atoms with Crippen LogP contribution in [0.5, 0.6) is 0 Å². The molecular weight excluding hydrogens is 529 g/mol. The second-order valence-electron chi connectivity index (χ2n) is 10.5. The molecule has 3 heterocycles. The van der Waals surface area contributed by atoms with Crippen LogP contribution in [0.1, 0.15) is 47.1 Å². The van der Waals surface area contributed by atoms with Crippen LogP contribution in [0.25, 0.3) is 11.4 Å². The second kappa shape index (κ2) is 10.5. The van der Waals surface area contributed by atoms with Crippen LogP contribution in [0, 0.1) is 5.82 Å². The summed E-state index contributed by atoms with van der Waals surface area (Å²) in [4.78, 5) is 32.4. The van der Waals surface area contributed by atoms with E-state index in [1.807, 2.05) is 18.5 Å². The third-order valence-corrected chi connectivity index (χ3v) is 8.19. The summed E-state index contributed by atoms with van der Waals surface area (Å²) in [7, 11) is 1.88. The van der Waals surface area contributed by atoms with E-state index in [2.05, 4.69) is 57.7 Å². The highest BCUT2D eigenvalue weighted by Gasteiger charge is 2.28. The number of carbonyl (C=O) groups excluding carboxylic acids is 2. The Kier molecular flexibility index (Phi) is 6.90. The van der Waals surface area contributed by atoms with Crippen LogP contribution in [0.3, 0.4) is 0 Å². The van der Waals surface area contributed by atoms with E-state index in [-0.39, 0.29) is 24.1 Å². The number of halogens is 2. The average Bonchev–Trinajstić information content (AvgIpc) is 3.51. The number of nitrogens with zero attached hydrogens (tertiary/aromatic N) is 4. The molecule has 2 aliphatic heterocycles. The number of aromatic nitrogens is 2. The Morgan fingerprint density at radius 1 is 1.05 bits per heavy atom. The fourth-order valence-corrected chi connectivity index (χ4v) is 6.01. The van der Waals surface area contributed by atoms with Crippen molar-refractivity contribution in [2.24, 2.45) is 7.05 Å². The number of nitrogens with one attached hydrogen (secondary N) is 1. The largest absolute Gasteiger partial charge is 0.329 e. The van der Waals surface area contributed by atoms with Gasteiger partial charge in [-0.25, -0.2) is 14.2 Å². The van der Waals surface area contributed by atoms with E-state index in [4.69, 9.17) is 11.6 Å². The lowest BCUT2D eigenvalue weighted by Crippen LogP contribution is -2.50. The van der Waals surface area contributed by atoms with Gasteiger partial charge in [0.15, 0.2) is 0 Å². The molecule has 1 aromatic heterocycles. The summed E-state index contributed by atoms with van der Waals surface area (Å²) < 4.78 is 16.3. The summed E-state index contributed by atoms with van der Waals surface area (Å²) >= 11 is 6.29. The molecule has 1 saturated heterocycles. The van der Waals surface area contributed by atoms with Crippen LogP contribution in [0.4, 0.5) is 15.0 Å². The number of amides is 3. The molecule has 9 heteroatoms. The van der Waals surface area contributed by atoms with E-state index in [1.54, 1.807) is 23.2 Å². The zero-order chi connectivity index (χ0) is 28.0. The molecule has 0 aliphatic carbocycles. The van der Waals surface area contributed by atoms with Crippen molar-refractivity contribution in [3.05, 3.63) is 106 Å². The van der Waals surface area contributed by atoms with Crippen molar-refractivity contribution in [2.45, 2.75) is 38.9 Å². The van der Waals surface area contributed by atoms with Crippen molar-refractivity contribution < 1.29 is 14.0 Å². The number of fused-ring (bicyclic) bond motifs is 1. The van der Waals surface area contributed by atoms with E-state index in [0.717, 1.165) is 36.6 Å². The van der Waals surface area contributed by atoms with Crippen molar-refractivity contribution >= 4 is 29.4 Å². The van der Waals surface area contributed by atoms with Gasteiger partial charge in [-0.2, -0.15) is 0 Å². The Bertz CT molecular complexity index is 1600. The Hall–Kier alpha value is -4.01. The molecule has 0 spiro atoms. The minimum Gasteiger partial charge on any atom is -0.314 e. The summed E-state index contributed by atoms with van der Waals surface area (Å²) in [6, 6.07) is 19.1. The average molecular weight is 558 g/mol. The van der Waals surface area contributed by atoms with Gasteiger partial charge >= 0.3 is 6.03 Å². The smallest absolute Gasteiger partial charge is 0.314 e. The van der Waals surface area contributed by atoms with Crippen molar-refractivity contribution in [3.8, 4) is 11.4 Å². The summed E-state index contributed by atoms with van der Waals surface area (Å²) in [5.74, 6) is 0.728. The van der Waals surface area contributed by atoms with Gasteiger partial charge in [0.05, 0.1) is 6.20 Å². The first-order chi connectivity index (χ1) is 19.3. The number of hydrogen-bond acceptors (Lipinski definition) is 4. The zero-order valence-electron chi connectivity index (χ0n) is 22.3. The van der Waals surface area contributed by atoms with Crippen LogP contribution in [0.2, 0.25) is 5.02 Å². The lowest BCUT2D eigenvalue weighted by molar-refractivity contribution is -0.120. The molecule has 1 fully saturated rings. The Morgan fingerprint density at radius 3 is 2.58 bits per heavy atom. The third kappa shape index (κ3) is 4.89. The number of anilines is 1. The molecule has 40 heavy (non-hydrogen) atoms. The fourth-order valence-electron chi connectivity index (χ4n) is 5.68. The van der Waals surface area contributed by atoms with Crippen molar-refractivity contribution in [2.75, 3.05) is 11.4 Å². The van der Waals surface area contributed by atoms with Gasteiger partial charge < -0.3 is 4.57 Å². The van der Waals surface area contributed by atoms with E-state index in [9.17, 15) is 14.0 Å². The van der Waals surface area contributed by atoms with Gasteiger partial charge in [0.2, 0.25) is 5.91 Å². The predicted molar refractivity (Wildman–Crippen MR) is 152 cm³/mol. The van der Waals surface area contributed by atoms with Crippen molar-refractivity contribution in [1.29, 1.82) is 0 Å². The van der Waals surface area contributed by atoms with Crippen LogP contribution in [0.15, 0.2) is 66.9 Å². The maximum atomic E-state index is 14.4. The highest BCUT2D eigenvalue weighted by Crippen LogP contribution is 2.33. The first-order valence-electron chi connectivity index (χ1n) is 13.3. The molecule has 3 amide bonds. The molecule has 0 saturated carbocycles. The minimum absolute atomic E-state index is 0.143.